The molecule has 0 aromatic heterocycles. The van der Waals surface area contributed by atoms with E-state index in [2.05, 4.69) is 0 Å². The van der Waals surface area contributed by atoms with E-state index >= 15 is 0 Å². The first-order valence-corrected chi connectivity index (χ1v) is 8.90. The quantitative estimate of drug-likeness (QED) is 0.677. The zero-order chi connectivity index (χ0) is 16.9. The minimum Gasteiger partial charge on any atom is -0.299 e. The van der Waals surface area contributed by atoms with Crippen LogP contribution >= 0.6 is 11.6 Å². The van der Waals surface area contributed by atoms with Gasteiger partial charge in [-0.05, 0) is 30.5 Å². The number of hydrogen-bond acceptors (Lipinski definition) is 2. The standard InChI is InChI=1S/C21H21ClO2/c22-19-12-6-4-11-17(19)21(24)14-18(15-8-2-1-3-9-15)16-10-5-7-13-20(16)23/h1-4,6,8-9,11-12,16,18H,5,7,10,13-14H2/t16-,18-/m0/s1. The number of carbonyl (C=O) groups excluding carboxylic acids is 2. The molecule has 0 saturated heterocycles. The van der Waals surface area contributed by atoms with Gasteiger partial charge in [0.05, 0.1) is 5.02 Å². The molecule has 2 atom stereocenters. The highest BCUT2D eigenvalue weighted by atomic mass is 35.5. The third-order valence-corrected chi connectivity index (χ3v) is 5.22. The van der Waals surface area contributed by atoms with Crippen molar-refractivity contribution in [2.24, 2.45) is 5.92 Å². The second-order valence-corrected chi connectivity index (χ2v) is 6.85. The molecule has 2 nitrogen and oxygen atoms in total. The highest BCUT2D eigenvalue weighted by Crippen LogP contribution is 2.37. The molecule has 0 spiro atoms. The van der Waals surface area contributed by atoms with Gasteiger partial charge >= 0.3 is 0 Å². The van der Waals surface area contributed by atoms with Crippen LogP contribution in [0.1, 0.15) is 53.9 Å². The van der Waals surface area contributed by atoms with Crippen molar-refractivity contribution in [1.29, 1.82) is 0 Å². The highest BCUT2D eigenvalue weighted by molar-refractivity contribution is 6.34. The second kappa shape index (κ2) is 7.76. The Morgan fingerprint density at radius 1 is 1.04 bits per heavy atom. The minimum atomic E-state index is -0.0669. The Morgan fingerprint density at radius 3 is 2.46 bits per heavy atom. The molecule has 0 aliphatic heterocycles. The van der Waals surface area contributed by atoms with Crippen molar-refractivity contribution in [2.45, 2.75) is 38.0 Å². The zero-order valence-corrected chi connectivity index (χ0v) is 14.3. The number of hydrogen-bond donors (Lipinski definition) is 0. The van der Waals surface area contributed by atoms with Gasteiger partial charge in [-0.3, -0.25) is 9.59 Å². The lowest BCUT2D eigenvalue weighted by molar-refractivity contribution is -0.125. The van der Waals surface area contributed by atoms with Crippen molar-refractivity contribution in [3.63, 3.8) is 0 Å². The first kappa shape index (κ1) is 16.9. The third-order valence-electron chi connectivity index (χ3n) is 4.89. The molecule has 3 rings (SSSR count). The highest BCUT2D eigenvalue weighted by Gasteiger charge is 2.33. The van der Waals surface area contributed by atoms with Crippen molar-refractivity contribution in [3.8, 4) is 0 Å². The maximum absolute atomic E-state index is 12.8. The Kier molecular flexibility index (Phi) is 5.47. The molecule has 2 aromatic rings. The fourth-order valence-corrected chi connectivity index (χ4v) is 3.87. The Labute approximate surface area is 147 Å². The summed E-state index contributed by atoms with van der Waals surface area (Å²) < 4.78 is 0. The lowest BCUT2D eigenvalue weighted by atomic mass is 9.73. The molecule has 1 saturated carbocycles. The van der Waals surface area contributed by atoms with Crippen LogP contribution < -0.4 is 0 Å². The first-order valence-electron chi connectivity index (χ1n) is 8.52. The van der Waals surface area contributed by atoms with E-state index in [0.29, 0.717) is 29.2 Å². The lowest BCUT2D eigenvalue weighted by Gasteiger charge is -2.29. The van der Waals surface area contributed by atoms with Crippen LogP contribution in [0.4, 0.5) is 0 Å². The van der Waals surface area contributed by atoms with Crippen LogP contribution in [0.15, 0.2) is 54.6 Å². The Morgan fingerprint density at radius 2 is 1.75 bits per heavy atom. The van der Waals surface area contributed by atoms with E-state index in [9.17, 15) is 9.59 Å². The molecule has 0 radical (unpaired) electrons. The number of benzene rings is 2. The number of ketones is 2. The van der Waals surface area contributed by atoms with E-state index in [-0.39, 0.29) is 17.6 Å². The third kappa shape index (κ3) is 3.76. The molecule has 0 unspecified atom stereocenters. The maximum Gasteiger partial charge on any atom is 0.165 e. The van der Waals surface area contributed by atoms with Gasteiger partial charge in [0.15, 0.2) is 5.78 Å². The molecule has 1 aliphatic rings. The van der Waals surface area contributed by atoms with Crippen LogP contribution in [0.5, 0.6) is 0 Å². The molecular weight excluding hydrogens is 320 g/mol. The van der Waals surface area contributed by atoms with E-state index in [4.69, 9.17) is 11.6 Å². The topological polar surface area (TPSA) is 34.1 Å². The van der Waals surface area contributed by atoms with Crippen molar-refractivity contribution in [3.05, 3.63) is 70.7 Å². The summed E-state index contributed by atoms with van der Waals surface area (Å²) in [7, 11) is 0. The van der Waals surface area contributed by atoms with Crippen LogP contribution in [0.25, 0.3) is 0 Å². The van der Waals surface area contributed by atoms with Gasteiger partial charge in [-0.1, -0.05) is 60.5 Å². The molecule has 124 valence electrons. The fraction of sp³-hybridized carbons (Fsp3) is 0.333. The Bertz CT molecular complexity index is 724. The van der Waals surface area contributed by atoms with Gasteiger partial charge in [-0.2, -0.15) is 0 Å². The van der Waals surface area contributed by atoms with Crippen molar-refractivity contribution in [2.75, 3.05) is 0 Å². The van der Waals surface area contributed by atoms with E-state index < -0.39 is 0 Å². The summed E-state index contributed by atoms with van der Waals surface area (Å²) in [5.74, 6) is 0.172. The average molecular weight is 341 g/mol. The number of Topliss-reactive ketones (excluding diaryl/α,β-unsaturated/α-hetero) is 2. The summed E-state index contributed by atoms with van der Waals surface area (Å²) >= 11 is 6.18. The van der Waals surface area contributed by atoms with E-state index in [1.165, 1.54) is 0 Å². The molecule has 0 heterocycles. The van der Waals surface area contributed by atoms with Gasteiger partial charge in [-0.15, -0.1) is 0 Å². The molecule has 24 heavy (non-hydrogen) atoms. The molecule has 0 bridgehead atoms. The molecular formula is C21H21ClO2. The summed E-state index contributed by atoms with van der Waals surface area (Å²) in [6.45, 7) is 0. The smallest absolute Gasteiger partial charge is 0.165 e. The number of halogens is 1. The largest absolute Gasteiger partial charge is 0.299 e. The molecule has 1 fully saturated rings. The van der Waals surface area contributed by atoms with E-state index in [0.717, 1.165) is 24.8 Å². The predicted octanol–water partition coefficient (Wildman–Crippen LogP) is 5.46. The van der Waals surface area contributed by atoms with Gasteiger partial charge in [0.1, 0.15) is 5.78 Å². The van der Waals surface area contributed by atoms with Gasteiger partial charge in [0.25, 0.3) is 0 Å². The van der Waals surface area contributed by atoms with Gasteiger partial charge < -0.3 is 0 Å². The first-order chi connectivity index (χ1) is 11.7. The summed E-state index contributed by atoms with van der Waals surface area (Å²) in [6.07, 6.45) is 3.85. The molecule has 3 heteroatoms. The number of carbonyl (C=O) groups is 2. The maximum atomic E-state index is 12.8. The summed E-state index contributed by atoms with van der Waals surface area (Å²) in [5.41, 5.74) is 1.61. The van der Waals surface area contributed by atoms with Gasteiger partial charge in [-0.25, -0.2) is 0 Å². The summed E-state index contributed by atoms with van der Waals surface area (Å²) in [6, 6.07) is 17.1. The normalized spacial score (nSPS) is 19.0. The van der Waals surface area contributed by atoms with Crippen molar-refractivity contribution in [1.82, 2.24) is 0 Å². The van der Waals surface area contributed by atoms with Crippen LogP contribution in [-0.2, 0) is 4.79 Å². The lowest BCUT2D eigenvalue weighted by Crippen LogP contribution is -2.27. The minimum absolute atomic E-state index is 0.00725. The van der Waals surface area contributed by atoms with Crippen LogP contribution in [0, 0.1) is 5.92 Å². The predicted molar refractivity (Wildman–Crippen MR) is 96.5 cm³/mol. The molecule has 1 aliphatic carbocycles. The van der Waals surface area contributed by atoms with Crippen molar-refractivity contribution < 1.29 is 9.59 Å². The van der Waals surface area contributed by atoms with Crippen LogP contribution in [-0.4, -0.2) is 11.6 Å². The van der Waals surface area contributed by atoms with Crippen LogP contribution in [0.2, 0.25) is 5.02 Å². The van der Waals surface area contributed by atoms with Gasteiger partial charge in [0.2, 0.25) is 0 Å². The van der Waals surface area contributed by atoms with Crippen molar-refractivity contribution >= 4 is 23.2 Å². The average Bonchev–Trinajstić information content (AvgIpc) is 2.61. The fourth-order valence-electron chi connectivity index (χ4n) is 3.63. The summed E-state index contributed by atoms with van der Waals surface area (Å²) in [4.78, 5) is 25.3. The number of rotatable bonds is 5. The molecule has 0 N–H and O–H groups in total. The van der Waals surface area contributed by atoms with E-state index in [1.54, 1.807) is 12.1 Å². The summed E-state index contributed by atoms with van der Waals surface area (Å²) in [5, 5.41) is 0.476. The second-order valence-electron chi connectivity index (χ2n) is 6.44. The molecule has 0 amide bonds. The monoisotopic (exact) mass is 340 g/mol. The van der Waals surface area contributed by atoms with E-state index in [1.807, 2.05) is 42.5 Å². The zero-order valence-electron chi connectivity index (χ0n) is 13.6. The Balaban J connectivity index is 1.89. The van der Waals surface area contributed by atoms with Crippen LogP contribution in [0.3, 0.4) is 0 Å². The molecule has 2 aromatic carbocycles. The SMILES string of the molecule is O=C(C[C@@H](c1ccccc1)[C@@H]1CCCCC1=O)c1ccccc1Cl. The van der Waals surface area contributed by atoms with Gasteiger partial charge in [0, 0.05) is 30.2 Å². The Hall–Kier alpha value is -1.93.